The highest BCUT2D eigenvalue weighted by atomic mass is 16.1. The molecule has 1 aliphatic heterocycles. The number of hydrogen-bond acceptors (Lipinski definition) is 2. The van der Waals surface area contributed by atoms with E-state index in [-0.39, 0.29) is 11.8 Å². The molecule has 0 aromatic heterocycles. The number of likely N-dealkylation sites (tertiary alicyclic amines) is 1. The van der Waals surface area contributed by atoms with Crippen molar-refractivity contribution in [1.82, 2.24) is 10.2 Å². The molecule has 122 valence electrons. The minimum Gasteiger partial charge on any atom is -0.352 e. The van der Waals surface area contributed by atoms with E-state index in [0.717, 1.165) is 30.8 Å². The third-order valence-electron chi connectivity index (χ3n) is 5.59. The van der Waals surface area contributed by atoms with Crippen LogP contribution in [0.3, 0.4) is 0 Å². The van der Waals surface area contributed by atoms with E-state index in [2.05, 4.69) is 24.1 Å². The summed E-state index contributed by atoms with van der Waals surface area (Å²) in [4.78, 5) is 14.7. The number of carbonyl (C=O) groups is 1. The molecule has 1 amide bonds. The molecule has 0 spiro atoms. The summed E-state index contributed by atoms with van der Waals surface area (Å²) in [7, 11) is 0. The van der Waals surface area contributed by atoms with Crippen LogP contribution in [0, 0.1) is 17.8 Å². The molecule has 1 saturated carbocycles. The Bertz CT molecular complexity index is 338. The second-order valence-corrected chi connectivity index (χ2v) is 7.49. The highest BCUT2D eigenvalue weighted by Gasteiger charge is 2.36. The maximum Gasteiger partial charge on any atom is 0.222 e. The van der Waals surface area contributed by atoms with Crippen molar-refractivity contribution in [1.29, 1.82) is 0 Å². The molecule has 3 atom stereocenters. The van der Waals surface area contributed by atoms with Gasteiger partial charge in [0.2, 0.25) is 5.91 Å². The molecule has 2 aliphatic rings. The molecule has 3 nitrogen and oxygen atoms in total. The monoisotopic (exact) mass is 294 g/mol. The van der Waals surface area contributed by atoms with Crippen LogP contribution in [-0.4, -0.2) is 36.0 Å². The zero-order chi connectivity index (χ0) is 15.4. The van der Waals surface area contributed by atoms with Gasteiger partial charge in [0.1, 0.15) is 0 Å². The van der Waals surface area contributed by atoms with E-state index >= 15 is 0 Å². The van der Waals surface area contributed by atoms with Gasteiger partial charge in [-0.05, 0) is 37.5 Å². The second-order valence-electron chi connectivity index (χ2n) is 7.49. The Morgan fingerprint density at radius 2 is 1.95 bits per heavy atom. The Kier molecular flexibility index (Phi) is 6.09. The van der Waals surface area contributed by atoms with Gasteiger partial charge in [-0.3, -0.25) is 9.69 Å². The normalized spacial score (nSPS) is 29.2. The topological polar surface area (TPSA) is 32.3 Å². The first-order valence-corrected chi connectivity index (χ1v) is 9.09. The molecule has 1 saturated heterocycles. The van der Waals surface area contributed by atoms with Crippen molar-refractivity contribution < 1.29 is 4.79 Å². The summed E-state index contributed by atoms with van der Waals surface area (Å²) in [6.07, 6.45) is 7.88. The van der Waals surface area contributed by atoms with E-state index in [1.165, 1.54) is 38.6 Å². The lowest BCUT2D eigenvalue weighted by molar-refractivity contribution is -0.125. The van der Waals surface area contributed by atoms with Gasteiger partial charge in [-0.15, -0.1) is 0 Å². The van der Waals surface area contributed by atoms with Crippen LogP contribution in [-0.2, 0) is 4.79 Å². The SMILES string of the molecule is CCC1CC(NC(=O)C(C)C)CN(C(CC)C2CCC2)C1. The molecule has 21 heavy (non-hydrogen) atoms. The fourth-order valence-corrected chi connectivity index (χ4v) is 3.99. The zero-order valence-corrected chi connectivity index (χ0v) is 14.4. The Hall–Kier alpha value is -0.570. The summed E-state index contributed by atoms with van der Waals surface area (Å²) in [5.41, 5.74) is 0. The molecule has 1 heterocycles. The third-order valence-corrected chi connectivity index (χ3v) is 5.59. The van der Waals surface area contributed by atoms with Gasteiger partial charge in [-0.25, -0.2) is 0 Å². The van der Waals surface area contributed by atoms with Gasteiger partial charge in [0, 0.05) is 31.1 Å². The van der Waals surface area contributed by atoms with Gasteiger partial charge in [0.05, 0.1) is 0 Å². The molecule has 1 N–H and O–H groups in total. The molecular weight excluding hydrogens is 260 g/mol. The van der Waals surface area contributed by atoms with Gasteiger partial charge < -0.3 is 5.32 Å². The van der Waals surface area contributed by atoms with E-state index in [1.54, 1.807) is 0 Å². The summed E-state index contributed by atoms with van der Waals surface area (Å²) < 4.78 is 0. The van der Waals surface area contributed by atoms with Crippen molar-refractivity contribution in [2.45, 2.75) is 78.3 Å². The van der Waals surface area contributed by atoms with Crippen LogP contribution in [0.1, 0.15) is 66.2 Å². The van der Waals surface area contributed by atoms with Crippen LogP contribution in [0.4, 0.5) is 0 Å². The molecular formula is C18H34N2O. The Morgan fingerprint density at radius 3 is 2.43 bits per heavy atom. The average molecular weight is 294 g/mol. The largest absolute Gasteiger partial charge is 0.352 e. The lowest BCUT2D eigenvalue weighted by Gasteiger charge is -2.46. The number of rotatable bonds is 6. The quantitative estimate of drug-likeness (QED) is 0.814. The summed E-state index contributed by atoms with van der Waals surface area (Å²) in [5.74, 6) is 1.96. The Balaban J connectivity index is 1.98. The minimum atomic E-state index is 0.0917. The maximum atomic E-state index is 12.0. The summed E-state index contributed by atoms with van der Waals surface area (Å²) in [6.45, 7) is 10.9. The van der Waals surface area contributed by atoms with Gasteiger partial charge in [-0.1, -0.05) is 40.5 Å². The standard InChI is InChI=1S/C18H34N2O/c1-5-14-10-16(19-18(21)13(3)4)12-20(11-14)17(6-2)15-8-7-9-15/h13-17H,5-12H2,1-4H3,(H,19,21). The van der Waals surface area contributed by atoms with Crippen molar-refractivity contribution in [2.75, 3.05) is 13.1 Å². The lowest BCUT2D eigenvalue weighted by Crippen LogP contribution is -2.56. The highest BCUT2D eigenvalue weighted by Crippen LogP contribution is 2.35. The number of nitrogens with one attached hydrogen (secondary N) is 1. The van der Waals surface area contributed by atoms with Crippen molar-refractivity contribution in [3.63, 3.8) is 0 Å². The number of hydrogen-bond donors (Lipinski definition) is 1. The van der Waals surface area contributed by atoms with E-state index < -0.39 is 0 Å². The first kappa shape index (κ1) is 16.8. The number of piperidine rings is 1. The molecule has 2 rings (SSSR count). The summed E-state index contributed by atoms with van der Waals surface area (Å²) in [5, 5.41) is 3.29. The van der Waals surface area contributed by atoms with Crippen LogP contribution in [0.5, 0.6) is 0 Å². The maximum absolute atomic E-state index is 12.0. The van der Waals surface area contributed by atoms with Crippen LogP contribution in [0.15, 0.2) is 0 Å². The van der Waals surface area contributed by atoms with Crippen LogP contribution in [0.25, 0.3) is 0 Å². The predicted octanol–water partition coefficient (Wildman–Crippen LogP) is 3.44. The first-order chi connectivity index (χ1) is 10.0. The number of amides is 1. The molecule has 0 bridgehead atoms. The molecule has 2 fully saturated rings. The predicted molar refractivity (Wildman–Crippen MR) is 88.2 cm³/mol. The molecule has 3 unspecified atom stereocenters. The van der Waals surface area contributed by atoms with Gasteiger partial charge in [0.25, 0.3) is 0 Å². The fourth-order valence-electron chi connectivity index (χ4n) is 3.99. The molecule has 0 aromatic rings. The smallest absolute Gasteiger partial charge is 0.222 e. The van der Waals surface area contributed by atoms with Crippen molar-refractivity contribution in [3.8, 4) is 0 Å². The van der Waals surface area contributed by atoms with Crippen molar-refractivity contribution in [3.05, 3.63) is 0 Å². The van der Waals surface area contributed by atoms with E-state index in [9.17, 15) is 4.79 Å². The summed E-state index contributed by atoms with van der Waals surface area (Å²) in [6, 6.07) is 1.10. The summed E-state index contributed by atoms with van der Waals surface area (Å²) >= 11 is 0. The lowest BCUT2D eigenvalue weighted by atomic mass is 9.77. The zero-order valence-electron chi connectivity index (χ0n) is 14.4. The second kappa shape index (κ2) is 7.62. The minimum absolute atomic E-state index is 0.0917. The van der Waals surface area contributed by atoms with Crippen LogP contribution < -0.4 is 5.32 Å². The van der Waals surface area contributed by atoms with Crippen molar-refractivity contribution >= 4 is 5.91 Å². The number of nitrogens with zero attached hydrogens (tertiary/aromatic N) is 1. The van der Waals surface area contributed by atoms with Crippen molar-refractivity contribution in [2.24, 2.45) is 17.8 Å². The molecule has 3 heteroatoms. The van der Waals surface area contributed by atoms with E-state index in [1.807, 2.05) is 13.8 Å². The van der Waals surface area contributed by atoms with E-state index in [0.29, 0.717) is 6.04 Å². The molecule has 0 aromatic carbocycles. The van der Waals surface area contributed by atoms with Gasteiger partial charge in [0.15, 0.2) is 0 Å². The van der Waals surface area contributed by atoms with Gasteiger partial charge >= 0.3 is 0 Å². The highest BCUT2D eigenvalue weighted by molar-refractivity contribution is 5.78. The number of carbonyl (C=O) groups excluding carboxylic acids is 1. The molecule has 0 radical (unpaired) electrons. The van der Waals surface area contributed by atoms with E-state index in [4.69, 9.17) is 0 Å². The average Bonchev–Trinajstić information content (AvgIpc) is 2.41. The fraction of sp³-hybridized carbons (Fsp3) is 0.944. The Labute approximate surface area is 130 Å². The Morgan fingerprint density at radius 1 is 1.24 bits per heavy atom. The van der Waals surface area contributed by atoms with Gasteiger partial charge in [-0.2, -0.15) is 0 Å². The van der Waals surface area contributed by atoms with Crippen LogP contribution >= 0.6 is 0 Å². The van der Waals surface area contributed by atoms with Crippen LogP contribution in [0.2, 0.25) is 0 Å². The first-order valence-electron chi connectivity index (χ1n) is 9.09. The third kappa shape index (κ3) is 4.21. The molecule has 1 aliphatic carbocycles.